The van der Waals surface area contributed by atoms with Crippen molar-refractivity contribution >= 4 is 10.9 Å². The number of aromatic amines is 2. The summed E-state index contributed by atoms with van der Waals surface area (Å²) in [7, 11) is 0. The molecule has 102 valence electrons. The van der Waals surface area contributed by atoms with E-state index < -0.39 is 0 Å². The van der Waals surface area contributed by atoms with Gasteiger partial charge in [-0.25, -0.2) is 0 Å². The van der Waals surface area contributed by atoms with Gasteiger partial charge >= 0.3 is 0 Å². The number of hydrogen-bond donors (Lipinski definition) is 3. The maximum atomic E-state index is 4.47. The van der Waals surface area contributed by atoms with Crippen molar-refractivity contribution in [3.8, 4) is 11.4 Å². The Kier molecular flexibility index (Phi) is 2.81. The van der Waals surface area contributed by atoms with Gasteiger partial charge in [0.05, 0.1) is 5.69 Å². The lowest BCUT2D eigenvalue weighted by molar-refractivity contribution is 0.454. The van der Waals surface area contributed by atoms with E-state index in [-0.39, 0.29) is 0 Å². The average Bonchev–Trinajstić information content (AvgIpc) is 3.14. The zero-order valence-corrected chi connectivity index (χ0v) is 11.3. The Balaban J connectivity index is 1.66. The summed E-state index contributed by atoms with van der Waals surface area (Å²) in [6.07, 6.45) is 2.48. The van der Waals surface area contributed by atoms with Gasteiger partial charge in [-0.05, 0) is 37.6 Å². The molecule has 1 aliphatic rings. The van der Waals surface area contributed by atoms with E-state index in [1.807, 2.05) is 6.07 Å². The molecule has 3 aromatic rings. The third kappa shape index (κ3) is 2.02. The highest BCUT2D eigenvalue weighted by Crippen LogP contribution is 2.27. The van der Waals surface area contributed by atoms with Crippen molar-refractivity contribution in [1.82, 2.24) is 20.5 Å². The van der Waals surface area contributed by atoms with Crippen molar-refractivity contribution in [2.24, 2.45) is 0 Å². The molecule has 3 N–H and O–H groups in total. The van der Waals surface area contributed by atoms with Crippen molar-refractivity contribution in [2.75, 3.05) is 13.1 Å². The number of benzene rings is 1. The molecule has 4 heteroatoms. The van der Waals surface area contributed by atoms with E-state index in [1.165, 1.54) is 23.9 Å². The van der Waals surface area contributed by atoms with Crippen molar-refractivity contribution in [3.05, 3.63) is 42.1 Å². The van der Waals surface area contributed by atoms with Gasteiger partial charge in [-0.1, -0.05) is 18.2 Å². The number of H-pyrrole nitrogens is 2. The number of rotatable bonds is 2. The van der Waals surface area contributed by atoms with Crippen LogP contribution < -0.4 is 5.32 Å². The van der Waals surface area contributed by atoms with Crippen molar-refractivity contribution in [3.63, 3.8) is 0 Å². The maximum Gasteiger partial charge on any atom is 0.109 e. The lowest BCUT2D eigenvalue weighted by Crippen LogP contribution is -2.28. The average molecular weight is 266 g/mol. The number of fused-ring (bicyclic) bond motifs is 1. The topological polar surface area (TPSA) is 56.5 Å². The van der Waals surface area contributed by atoms with E-state index in [4.69, 9.17) is 0 Å². The summed E-state index contributed by atoms with van der Waals surface area (Å²) in [6.45, 7) is 2.19. The van der Waals surface area contributed by atoms with Gasteiger partial charge in [0.25, 0.3) is 0 Å². The van der Waals surface area contributed by atoms with Crippen LogP contribution in [0, 0.1) is 0 Å². The second-order valence-electron chi connectivity index (χ2n) is 5.52. The molecular weight excluding hydrogens is 248 g/mol. The Morgan fingerprint density at radius 3 is 2.95 bits per heavy atom. The largest absolute Gasteiger partial charge is 0.353 e. The fourth-order valence-electron chi connectivity index (χ4n) is 3.01. The lowest BCUT2D eigenvalue weighted by Gasteiger charge is -2.21. The number of hydrogen-bond acceptors (Lipinski definition) is 2. The first-order chi connectivity index (χ1) is 9.90. The highest BCUT2D eigenvalue weighted by Gasteiger charge is 2.18. The van der Waals surface area contributed by atoms with Crippen LogP contribution in [-0.2, 0) is 0 Å². The van der Waals surface area contributed by atoms with E-state index in [2.05, 4.69) is 50.8 Å². The molecule has 3 heterocycles. The second kappa shape index (κ2) is 4.80. The first-order valence-corrected chi connectivity index (χ1v) is 7.24. The number of piperidine rings is 1. The van der Waals surface area contributed by atoms with Crippen LogP contribution in [0.25, 0.3) is 22.3 Å². The van der Waals surface area contributed by atoms with Gasteiger partial charge in [0.1, 0.15) is 5.69 Å². The molecule has 1 fully saturated rings. The minimum Gasteiger partial charge on any atom is -0.353 e. The lowest BCUT2D eigenvalue weighted by atomic mass is 9.96. The molecule has 0 aliphatic carbocycles. The molecule has 20 heavy (non-hydrogen) atoms. The molecule has 1 unspecified atom stereocenters. The molecule has 2 aromatic heterocycles. The van der Waals surface area contributed by atoms with Crippen LogP contribution in [0.5, 0.6) is 0 Å². The first-order valence-electron chi connectivity index (χ1n) is 7.24. The molecule has 1 atom stereocenters. The van der Waals surface area contributed by atoms with Crippen LogP contribution in [0.2, 0.25) is 0 Å². The van der Waals surface area contributed by atoms with Crippen molar-refractivity contribution < 1.29 is 0 Å². The zero-order chi connectivity index (χ0) is 13.4. The van der Waals surface area contributed by atoms with Gasteiger partial charge in [0.15, 0.2) is 0 Å². The summed E-state index contributed by atoms with van der Waals surface area (Å²) in [5, 5.41) is 12.4. The SMILES string of the molecule is c1ccc2[nH]c(-c3cc(C4CCCNC4)[nH]n3)cc2c1. The van der Waals surface area contributed by atoms with Crippen LogP contribution in [0.15, 0.2) is 36.4 Å². The normalized spacial score (nSPS) is 19.5. The third-order valence-corrected chi connectivity index (χ3v) is 4.14. The summed E-state index contributed by atoms with van der Waals surface area (Å²) >= 11 is 0. The van der Waals surface area contributed by atoms with Gasteiger partial charge < -0.3 is 10.3 Å². The number of aromatic nitrogens is 3. The Hall–Kier alpha value is -2.07. The van der Waals surface area contributed by atoms with Gasteiger partial charge in [0, 0.05) is 29.1 Å². The number of para-hydroxylation sites is 1. The minimum atomic E-state index is 0.564. The smallest absolute Gasteiger partial charge is 0.109 e. The van der Waals surface area contributed by atoms with E-state index >= 15 is 0 Å². The minimum absolute atomic E-state index is 0.564. The molecule has 0 amide bonds. The van der Waals surface area contributed by atoms with E-state index in [0.29, 0.717) is 5.92 Å². The fourth-order valence-corrected chi connectivity index (χ4v) is 3.01. The van der Waals surface area contributed by atoms with Crippen LogP contribution in [0.1, 0.15) is 24.5 Å². The van der Waals surface area contributed by atoms with Gasteiger partial charge in [-0.15, -0.1) is 0 Å². The third-order valence-electron chi connectivity index (χ3n) is 4.14. The first kappa shape index (κ1) is 11.7. The molecule has 1 aliphatic heterocycles. The fraction of sp³-hybridized carbons (Fsp3) is 0.312. The quantitative estimate of drug-likeness (QED) is 0.668. The molecule has 1 aromatic carbocycles. The Morgan fingerprint density at radius 1 is 1.15 bits per heavy atom. The highest BCUT2D eigenvalue weighted by molar-refractivity contribution is 5.85. The summed E-state index contributed by atoms with van der Waals surface area (Å²) in [6, 6.07) is 12.7. The molecular formula is C16H18N4. The summed E-state index contributed by atoms with van der Waals surface area (Å²) in [5.41, 5.74) is 4.48. The predicted octanol–water partition coefficient (Wildman–Crippen LogP) is 3.03. The zero-order valence-electron chi connectivity index (χ0n) is 11.3. The molecule has 1 saturated heterocycles. The predicted molar refractivity (Wildman–Crippen MR) is 80.7 cm³/mol. The maximum absolute atomic E-state index is 4.47. The number of nitrogens with zero attached hydrogens (tertiary/aromatic N) is 1. The molecule has 0 spiro atoms. The van der Waals surface area contributed by atoms with Crippen LogP contribution in [-0.4, -0.2) is 28.3 Å². The standard InChI is InChI=1S/C16H18N4/c1-2-6-13-11(4-1)8-15(18-13)16-9-14(19-20-16)12-5-3-7-17-10-12/h1-2,4,6,8-9,12,17-18H,3,5,7,10H2,(H,19,20). The van der Waals surface area contributed by atoms with Crippen LogP contribution in [0.3, 0.4) is 0 Å². The van der Waals surface area contributed by atoms with Crippen molar-refractivity contribution in [2.45, 2.75) is 18.8 Å². The van der Waals surface area contributed by atoms with Gasteiger partial charge in [-0.3, -0.25) is 5.10 Å². The van der Waals surface area contributed by atoms with E-state index in [9.17, 15) is 0 Å². The van der Waals surface area contributed by atoms with Gasteiger partial charge in [0.2, 0.25) is 0 Å². The Bertz CT molecular complexity index is 686. The molecule has 0 radical (unpaired) electrons. The summed E-state index contributed by atoms with van der Waals surface area (Å²) in [5.74, 6) is 0.564. The van der Waals surface area contributed by atoms with Crippen LogP contribution >= 0.6 is 0 Å². The molecule has 4 rings (SSSR count). The van der Waals surface area contributed by atoms with Crippen molar-refractivity contribution in [1.29, 1.82) is 0 Å². The van der Waals surface area contributed by atoms with Gasteiger partial charge in [-0.2, -0.15) is 5.10 Å². The van der Waals surface area contributed by atoms with Crippen LogP contribution in [0.4, 0.5) is 0 Å². The Labute approximate surface area is 117 Å². The van der Waals surface area contributed by atoms with E-state index in [0.717, 1.165) is 30.0 Å². The molecule has 4 nitrogen and oxygen atoms in total. The second-order valence-corrected chi connectivity index (χ2v) is 5.52. The monoisotopic (exact) mass is 266 g/mol. The number of nitrogens with one attached hydrogen (secondary N) is 3. The Morgan fingerprint density at radius 2 is 2.10 bits per heavy atom. The highest BCUT2D eigenvalue weighted by atomic mass is 15.1. The summed E-state index contributed by atoms with van der Waals surface area (Å²) < 4.78 is 0. The van der Waals surface area contributed by atoms with E-state index in [1.54, 1.807) is 0 Å². The molecule has 0 saturated carbocycles. The molecule has 0 bridgehead atoms. The summed E-state index contributed by atoms with van der Waals surface area (Å²) in [4.78, 5) is 3.43.